The van der Waals surface area contributed by atoms with Gasteiger partial charge in [-0.05, 0) is 12.3 Å². The zero-order chi connectivity index (χ0) is 9.90. The maximum Gasteiger partial charge on any atom is 0.406 e. The van der Waals surface area contributed by atoms with Crippen molar-refractivity contribution in [2.75, 3.05) is 25.2 Å². The van der Waals surface area contributed by atoms with Crippen molar-refractivity contribution in [1.82, 2.24) is 5.32 Å². The van der Waals surface area contributed by atoms with E-state index in [1.54, 1.807) is 0 Å². The van der Waals surface area contributed by atoms with Gasteiger partial charge in [-0.15, -0.1) is 0 Å². The monoisotopic (exact) mass is 207 g/mol. The van der Waals surface area contributed by atoms with Gasteiger partial charge in [0.2, 0.25) is 0 Å². The third kappa shape index (κ3) is 3.22. The largest absolute Gasteiger partial charge is 0.453 e. The standard InChI is InChI=1S/C7H13NO4S/c1-12-7(9)8-4-6-2-3-13(10,11)5-6/h6H,2-5H2,1H3,(H,8,9). The van der Waals surface area contributed by atoms with Gasteiger partial charge < -0.3 is 10.1 Å². The summed E-state index contributed by atoms with van der Waals surface area (Å²) in [7, 11) is -1.56. The Bertz CT molecular complexity index is 285. The van der Waals surface area contributed by atoms with Crippen molar-refractivity contribution < 1.29 is 17.9 Å². The van der Waals surface area contributed by atoms with E-state index in [0.29, 0.717) is 13.0 Å². The number of methoxy groups -OCH3 is 1. The fraction of sp³-hybridized carbons (Fsp3) is 0.857. The molecular formula is C7H13NO4S. The molecule has 1 rings (SSSR count). The minimum Gasteiger partial charge on any atom is -0.453 e. The quantitative estimate of drug-likeness (QED) is 0.679. The van der Waals surface area contributed by atoms with Crippen molar-refractivity contribution in [3.05, 3.63) is 0 Å². The van der Waals surface area contributed by atoms with Gasteiger partial charge in [0.25, 0.3) is 0 Å². The molecule has 0 radical (unpaired) electrons. The first-order chi connectivity index (χ1) is 6.03. The van der Waals surface area contributed by atoms with Crippen molar-refractivity contribution in [3.8, 4) is 0 Å². The SMILES string of the molecule is COC(=O)NCC1CCS(=O)(=O)C1. The summed E-state index contributed by atoms with van der Waals surface area (Å²) in [5, 5.41) is 2.49. The number of nitrogens with one attached hydrogen (secondary N) is 1. The average molecular weight is 207 g/mol. The lowest BCUT2D eigenvalue weighted by Crippen LogP contribution is -2.29. The van der Waals surface area contributed by atoms with Gasteiger partial charge in [0, 0.05) is 6.54 Å². The Morgan fingerprint density at radius 3 is 2.77 bits per heavy atom. The van der Waals surface area contributed by atoms with Gasteiger partial charge in [-0.25, -0.2) is 13.2 Å². The second-order valence-corrected chi connectivity index (χ2v) is 5.37. The normalized spacial score (nSPS) is 25.5. The fourth-order valence-electron chi connectivity index (χ4n) is 1.33. The molecule has 1 amide bonds. The average Bonchev–Trinajstić information content (AvgIpc) is 2.41. The van der Waals surface area contributed by atoms with E-state index in [2.05, 4.69) is 10.1 Å². The summed E-state index contributed by atoms with van der Waals surface area (Å²) >= 11 is 0. The Morgan fingerprint density at radius 1 is 1.62 bits per heavy atom. The summed E-state index contributed by atoms with van der Waals surface area (Å²) in [6.45, 7) is 0.381. The lowest BCUT2D eigenvalue weighted by molar-refractivity contribution is 0.169. The van der Waals surface area contributed by atoms with Gasteiger partial charge in [-0.1, -0.05) is 0 Å². The van der Waals surface area contributed by atoms with Gasteiger partial charge in [-0.2, -0.15) is 0 Å². The molecule has 0 aromatic rings. The smallest absolute Gasteiger partial charge is 0.406 e. The Labute approximate surface area is 77.4 Å². The van der Waals surface area contributed by atoms with Gasteiger partial charge in [0.15, 0.2) is 9.84 Å². The third-order valence-corrected chi connectivity index (χ3v) is 3.88. The van der Waals surface area contributed by atoms with Crippen LogP contribution in [-0.4, -0.2) is 39.7 Å². The van der Waals surface area contributed by atoms with E-state index in [1.807, 2.05) is 0 Å². The first kappa shape index (κ1) is 10.3. The lowest BCUT2D eigenvalue weighted by atomic mass is 10.1. The molecule has 0 aromatic carbocycles. The molecule has 1 saturated heterocycles. The van der Waals surface area contributed by atoms with Crippen molar-refractivity contribution in [3.63, 3.8) is 0 Å². The van der Waals surface area contributed by atoms with Crippen LogP contribution in [-0.2, 0) is 14.6 Å². The number of rotatable bonds is 2. The predicted octanol–water partition coefficient (Wildman–Crippen LogP) is -0.223. The van der Waals surface area contributed by atoms with Gasteiger partial charge in [0.1, 0.15) is 0 Å². The summed E-state index contributed by atoms with van der Waals surface area (Å²) in [4.78, 5) is 10.6. The van der Waals surface area contributed by atoms with E-state index < -0.39 is 15.9 Å². The van der Waals surface area contributed by atoms with E-state index in [1.165, 1.54) is 7.11 Å². The van der Waals surface area contributed by atoms with Crippen LogP contribution >= 0.6 is 0 Å². The first-order valence-corrected chi connectivity index (χ1v) is 5.88. The Morgan fingerprint density at radius 2 is 2.31 bits per heavy atom. The van der Waals surface area contributed by atoms with Gasteiger partial charge in [0.05, 0.1) is 18.6 Å². The molecule has 1 atom stereocenters. The number of ether oxygens (including phenoxy) is 1. The van der Waals surface area contributed by atoms with Crippen LogP contribution in [0.4, 0.5) is 4.79 Å². The highest BCUT2D eigenvalue weighted by Crippen LogP contribution is 2.17. The highest BCUT2D eigenvalue weighted by Gasteiger charge is 2.27. The molecule has 1 N–H and O–H groups in total. The number of hydrogen-bond acceptors (Lipinski definition) is 4. The zero-order valence-electron chi connectivity index (χ0n) is 7.45. The predicted molar refractivity (Wildman–Crippen MR) is 47.2 cm³/mol. The molecule has 0 aromatic heterocycles. The topological polar surface area (TPSA) is 72.5 Å². The van der Waals surface area contributed by atoms with Crippen LogP contribution < -0.4 is 5.32 Å². The van der Waals surface area contributed by atoms with Crippen molar-refractivity contribution in [1.29, 1.82) is 0 Å². The summed E-state index contributed by atoms with van der Waals surface area (Å²) in [6.07, 6.45) is 0.121. The van der Waals surface area contributed by atoms with Crippen LogP contribution in [0.15, 0.2) is 0 Å². The van der Waals surface area contributed by atoms with Crippen LogP contribution in [0.5, 0.6) is 0 Å². The Kier molecular flexibility index (Phi) is 3.13. The van der Waals surface area contributed by atoms with Gasteiger partial charge in [-0.3, -0.25) is 0 Å². The molecule has 5 nitrogen and oxygen atoms in total. The Balaban J connectivity index is 2.29. The number of sulfone groups is 1. The number of carbonyl (C=O) groups excluding carboxylic acids is 1. The summed E-state index contributed by atoms with van der Waals surface area (Å²) in [5.74, 6) is 0.460. The molecule has 0 aliphatic carbocycles. The van der Waals surface area contributed by atoms with Crippen LogP contribution in [0.2, 0.25) is 0 Å². The highest BCUT2D eigenvalue weighted by molar-refractivity contribution is 7.91. The highest BCUT2D eigenvalue weighted by atomic mass is 32.2. The number of amides is 1. The zero-order valence-corrected chi connectivity index (χ0v) is 8.26. The second-order valence-electron chi connectivity index (χ2n) is 3.14. The molecule has 1 aliphatic heterocycles. The fourth-order valence-corrected chi connectivity index (χ4v) is 3.19. The maximum absolute atomic E-state index is 11.0. The van der Waals surface area contributed by atoms with Crippen molar-refractivity contribution in [2.45, 2.75) is 6.42 Å². The van der Waals surface area contributed by atoms with Crippen molar-refractivity contribution >= 4 is 15.9 Å². The second kappa shape index (κ2) is 3.95. The molecular weight excluding hydrogens is 194 g/mol. The molecule has 6 heteroatoms. The minimum atomic E-state index is -2.84. The maximum atomic E-state index is 11.0. The number of alkyl carbamates (subject to hydrolysis) is 1. The molecule has 0 saturated carbocycles. The molecule has 76 valence electrons. The molecule has 1 heterocycles. The number of hydrogen-bond donors (Lipinski definition) is 1. The summed E-state index contributed by atoms with van der Waals surface area (Å²) < 4.78 is 26.4. The number of carbonyl (C=O) groups is 1. The van der Waals surface area contributed by atoms with E-state index in [4.69, 9.17) is 0 Å². The molecule has 0 bridgehead atoms. The van der Waals surface area contributed by atoms with E-state index in [9.17, 15) is 13.2 Å². The van der Waals surface area contributed by atoms with Crippen LogP contribution in [0.3, 0.4) is 0 Å². The van der Waals surface area contributed by atoms with E-state index in [-0.39, 0.29) is 17.4 Å². The first-order valence-electron chi connectivity index (χ1n) is 4.06. The third-order valence-electron chi connectivity index (χ3n) is 2.05. The molecule has 13 heavy (non-hydrogen) atoms. The molecule has 1 unspecified atom stereocenters. The van der Waals surface area contributed by atoms with Crippen LogP contribution in [0.1, 0.15) is 6.42 Å². The lowest BCUT2D eigenvalue weighted by Gasteiger charge is -2.07. The minimum absolute atomic E-state index is 0.0455. The molecule has 1 aliphatic rings. The summed E-state index contributed by atoms with van der Waals surface area (Å²) in [6, 6.07) is 0. The molecule has 0 spiro atoms. The van der Waals surface area contributed by atoms with E-state index >= 15 is 0 Å². The Hall–Kier alpha value is -0.780. The molecule has 1 fully saturated rings. The summed E-state index contributed by atoms with van der Waals surface area (Å²) in [5.41, 5.74) is 0. The van der Waals surface area contributed by atoms with E-state index in [0.717, 1.165) is 0 Å². The van der Waals surface area contributed by atoms with Crippen molar-refractivity contribution in [2.24, 2.45) is 5.92 Å². The van der Waals surface area contributed by atoms with Crippen LogP contribution in [0.25, 0.3) is 0 Å². The van der Waals surface area contributed by atoms with Gasteiger partial charge >= 0.3 is 6.09 Å². The van der Waals surface area contributed by atoms with Crippen LogP contribution in [0, 0.1) is 5.92 Å².